The summed E-state index contributed by atoms with van der Waals surface area (Å²) < 4.78 is 11.5. The second-order valence-electron chi connectivity index (χ2n) is 10.6. The molecule has 0 atom stereocenters. The van der Waals surface area contributed by atoms with Gasteiger partial charge >= 0.3 is 12.1 Å². The van der Waals surface area contributed by atoms with Gasteiger partial charge in [0.05, 0.1) is 18.6 Å². The number of methoxy groups -OCH3 is 1. The van der Waals surface area contributed by atoms with E-state index >= 15 is 0 Å². The molecule has 0 unspecified atom stereocenters. The lowest BCUT2D eigenvalue weighted by Crippen LogP contribution is -2.54. The highest BCUT2D eigenvalue weighted by Gasteiger charge is 2.38. The molecule has 1 aliphatic heterocycles. The van der Waals surface area contributed by atoms with Crippen molar-refractivity contribution >= 4 is 39.3 Å². The second kappa shape index (κ2) is 12.2. The summed E-state index contributed by atoms with van der Waals surface area (Å²) in [4.78, 5) is 39.2. The molecule has 1 aromatic rings. The molecule has 0 radical (unpaired) electrons. The predicted molar refractivity (Wildman–Crippen MR) is 150 cm³/mol. The Balaban J connectivity index is 1.74. The first-order chi connectivity index (χ1) is 17.5. The van der Waals surface area contributed by atoms with Crippen molar-refractivity contribution in [3.63, 3.8) is 0 Å². The summed E-state index contributed by atoms with van der Waals surface area (Å²) in [5, 5.41) is 0. The quantitative estimate of drug-likeness (QED) is 0.201. The minimum absolute atomic E-state index is 0.0609. The van der Waals surface area contributed by atoms with Crippen molar-refractivity contribution in [2.75, 3.05) is 20.2 Å². The Morgan fingerprint density at radius 3 is 2.49 bits per heavy atom. The van der Waals surface area contributed by atoms with Crippen LogP contribution in [0.3, 0.4) is 0 Å². The number of ketones is 1. The van der Waals surface area contributed by atoms with Gasteiger partial charge in [0.1, 0.15) is 5.60 Å². The molecule has 7 heteroatoms. The molecule has 1 aromatic carbocycles. The Labute approximate surface area is 228 Å². The number of likely N-dealkylation sites (tertiary alicyclic amines) is 1. The first kappa shape index (κ1) is 28.9. The molecule has 1 saturated heterocycles. The monoisotopic (exact) mass is 571 g/mol. The third kappa shape index (κ3) is 7.01. The van der Waals surface area contributed by atoms with Crippen LogP contribution in [0.5, 0.6) is 0 Å². The average molecular weight is 573 g/mol. The predicted octanol–water partition coefficient (Wildman–Crippen LogP) is 6.94. The molecule has 1 heterocycles. The molecule has 0 aromatic heterocycles. The van der Waals surface area contributed by atoms with Gasteiger partial charge in [-0.1, -0.05) is 47.1 Å². The number of halogens is 1. The van der Waals surface area contributed by atoms with E-state index in [9.17, 15) is 14.4 Å². The van der Waals surface area contributed by atoms with Gasteiger partial charge in [0, 0.05) is 18.7 Å². The SMILES string of the molecule is CC/C=C(\C=C/CC1=C(Br)CCCc2c1ccc(C(=O)OC)c2C)C(=O)C1CN(C(=O)OC(C)(C)C)C1. The lowest BCUT2D eigenvalue weighted by atomic mass is 9.89. The highest BCUT2D eigenvalue weighted by molar-refractivity contribution is 9.11. The summed E-state index contributed by atoms with van der Waals surface area (Å²) >= 11 is 3.79. The molecule has 6 nitrogen and oxygen atoms in total. The van der Waals surface area contributed by atoms with E-state index in [1.54, 1.807) is 4.90 Å². The molecule has 0 saturated carbocycles. The van der Waals surface area contributed by atoms with Gasteiger partial charge in [0.2, 0.25) is 0 Å². The third-order valence-electron chi connectivity index (χ3n) is 6.71. The second-order valence-corrected chi connectivity index (χ2v) is 11.6. The van der Waals surface area contributed by atoms with E-state index in [2.05, 4.69) is 15.9 Å². The number of rotatable bonds is 7. The Bertz CT molecular complexity index is 1150. The van der Waals surface area contributed by atoms with Crippen LogP contribution in [0.25, 0.3) is 5.57 Å². The van der Waals surface area contributed by atoms with Gasteiger partial charge < -0.3 is 14.4 Å². The molecule has 37 heavy (non-hydrogen) atoms. The van der Waals surface area contributed by atoms with Crippen LogP contribution in [0.15, 0.2) is 40.4 Å². The number of fused-ring (bicyclic) bond motifs is 1. The largest absolute Gasteiger partial charge is 0.465 e. The fraction of sp³-hybridized carbons (Fsp3) is 0.500. The number of nitrogens with zero attached hydrogens (tertiary/aromatic N) is 1. The number of hydrogen-bond donors (Lipinski definition) is 0. The smallest absolute Gasteiger partial charge is 0.410 e. The molecule has 1 amide bonds. The van der Waals surface area contributed by atoms with Crippen LogP contribution in [-0.4, -0.2) is 48.5 Å². The van der Waals surface area contributed by atoms with Gasteiger partial charge in [0.15, 0.2) is 5.78 Å². The number of Topliss-reactive ketones (excluding diaryl/α,β-unsaturated/α-hetero) is 1. The van der Waals surface area contributed by atoms with Crippen LogP contribution in [-0.2, 0) is 20.7 Å². The number of esters is 1. The zero-order valence-corrected chi connectivity index (χ0v) is 24.4. The van der Waals surface area contributed by atoms with Crippen LogP contribution >= 0.6 is 15.9 Å². The minimum Gasteiger partial charge on any atom is -0.465 e. The molecule has 1 fully saturated rings. The lowest BCUT2D eigenvalue weighted by Gasteiger charge is -2.39. The number of allylic oxidation sites excluding steroid dienone is 6. The number of carbonyl (C=O) groups excluding carboxylic acids is 3. The number of ether oxygens (including phenoxy) is 2. The third-order valence-corrected chi connectivity index (χ3v) is 7.59. The van der Waals surface area contributed by atoms with Crippen LogP contribution in [0.1, 0.15) is 80.4 Å². The van der Waals surface area contributed by atoms with Crippen molar-refractivity contribution in [3.05, 3.63) is 62.7 Å². The van der Waals surface area contributed by atoms with Gasteiger partial charge in [0.25, 0.3) is 0 Å². The zero-order chi connectivity index (χ0) is 27.3. The van der Waals surface area contributed by atoms with Crippen molar-refractivity contribution in [1.29, 1.82) is 0 Å². The van der Waals surface area contributed by atoms with Crippen LogP contribution in [0.2, 0.25) is 0 Å². The van der Waals surface area contributed by atoms with Crippen molar-refractivity contribution in [2.24, 2.45) is 5.92 Å². The molecule has 3 rings (SSSR count). The molecule has 0 bridgehead atoms. The van der Waals surface area contributed by atoms with E-state index in [0.29, 0.717) is 30.6 Å². The Morgan fingerprint density at radius 2 is 1.86 bits per heavy atom. The van der Waals surface area contributed by atoms with Crippen LogP contribution < -0.4 is 0 Å². The maximum atomic E-state index is 13.2. The zero-order valence-electron chi connectivity index (χ0n) is 22.8. The normalized spacial score (nSPS) is 16.8. The lowest BCUT2D eigenvalue weighted by molar-refractivity contribution is -0.123. The fourth-order valence-electron chi connectivity index (χ4n) is 4.76. The number of amides is 1. The summed E-state index contributed by atoms with van der Waals surface area (Å²) in [6, 6.07) is 3.85. The fourth-order valence-corrected chi connectivity index (χ4v) is 5.42. The van der Waals surface area contributed by atoms with Crippen molar-refractivity contribution in [1.82, 2.24) is 4.90 Å². The van der Waals surface area contributed by atoms with Crippen LogP contribution in [0, 0.1) is 12.8 Å². The Kier molecular flexibility index (Phi) is 9.57. The van der Waals surface area contributed by atoms with Crippen molar-refractivity contribution < 1.29 is 23.9 Å². The molecule has 2 aliphatic rings. The molecule has 200 valence electrons. The molecule has 0 spiro atoms. The molecule has 1 aliphatic carbocycles. The Morgan fingerprint density at radius 1 is 1.16 bits per heavy atom. The minimum atomic E-state index is -0.554. The van der Waals surface area contributed by atoms with E-state index in [1.165, 1.54) is 18.2 Å². The van der Waals surface area contributed by atoms with Gasteiger partial charge in [-0.05, 0) is 92.6 Å². The highest BCUT2D eigenvalue weighted by atomic mass is 79.9. The average Bonchev–Trinajstić information content (AvgIpc) is 2.95. The summed E-state index contributed by atoms with van der Waals surface area (Å²) in [5.41, 5.74) is 5.19. The van der Waals surface area contributed by atoms with E-state index in [0.717, 1.165) is 41.3 Å². The number of benzene rings is 1. The van der Waals surface area contributed by atoms with E-state index in [-0.39, 0.29) is 23.8 Å². The van der Waals surface area contributed by atoms with Gasteiger partial charge in [-0.2, -0.15) is 0 Å². The maximum absolute atomic E-state index is 13.2. The first-order valence-electron chi connectivity index (χ1n) is 12.9. The molecule has 0 N–H and O–H groups in total. The number of hydrogen-bond acceptors (Lipinski definition) is 5. The first-order valence-corrected chi connectivity index (χ1v) is 13.7. The standard InChI is InChI=1S/C30H38BrNO5/c1-7-10-20(27(33)21-17-32(18-21)29(35)37-30(3,4)5)11-8-13-25-24-16-15-23(28(34)36-6)19(2)22(24)12-9-14-26(25)31/h8,10-11,15-16,21H,7,9,12-14,17-18H2,1-6H3/b11-8-,20-10+. The van der Waals surface area contributed by atoms with Crippen molar-refractivity contribution in [2.45, 2.75) is 72.3 Å². The summed E-state index contributed by atoms with van der Waals surface area (Å²) in [7, 11) is 1.40. The van der Waals surface area contributed by atoms with Gasteiger partial charge in [-0.3, -0.25) is 4.79 Å². The highest BCUT2D eigenvalue weighted by Crippen LogP contribution is 2.38. The van der Waals surface area contributed by atoms with Gasteiger partial charge in [-0.15, -0.1) is 0 Å². The van der Waals surface area contributed by atoms with Crippen molar-refractivity contribution in [3.8, 4) is 0 Å². The van der Waals surface area contributed by atoms with E-state index in [4.69, 9.17) is 9.47 Å². The summed E-state index contributed by atoms with van der Waals surface area (Å²) in [5.74, 6) is -0.465. The molecular weight excluding hydrogens is 534 g/mol. The van der Waals surface area contributed by atoms with Gasteiger partial charge in [-0.25, -0.2) is 9.59 Å². The van der Waals surface area contributed by atoms with E-state index in [1.807, 2.05) is 65.0 Å². The summed E-state index contributed by atoms with van der Waals surface area (Å²) in [6.07, 6.45) is 9.74. The van der Waals surface area contributed by atoms with Crippen LogP contribution in [0.4, 0.5) is 4.79 Å². The van der Waals surface area contributed by atoms with E-state index < -0.39 is 5.60 Å². The topological polar surface area (TPSA) is 72.9 Å². The Hall–Kier alpha value is -2.67. The number of carbonyl (C=O) groups is 3. The maximum Gasteiger partial charge on any atom is 0.410 e. The summed E-state index contributed by atoms with van der Waals surface area (Å²) in [6.45, 7) is 10.3. The molecular formula is C30H38BrNO5.